The first-order valence-electron chi connectivity index (χ1n) is 7.92. The maximum Gasteiger partial charge on any atom is 0.496 e. The summed E-state index contributed by atoms with van der Waals surface area (Å²) >= 11 is 6.30. The molecule has 1 aromatic heterocycles. The molecule has 1 saturated carbocycles. The Labute approximate surface area is 137 Å². The van der Waals surface area contributed by atoms with Crippen molar-refractivity contribution in [3.63, 3.8) is 0 Å². The van der Waals surface area contributed by atoms with Crippen LogP contribution in [0.4, 0.5) is 0 Å². The summed E-state index contributed by atoms with van der Waals surface area (Å²) in [7, 11) is -0.448. The van der Waals surface area contributed by atoms with Gasteiger partial charge in [0.15, 0.2) is 0 Å². The summed E-state index contributed by atoms with van der Waals surface area (Å²) in [5, 5.41) is 0.506. The number of pyridine rings is 1. The molecule has 0 bridgehead atoms. The molecular formula is C16H23BClNO3. The monoisotopic (exact) mass is 323 g/mol. The minimum absolute atomic E-state index is 0.371. The molecule has 4 nitrogen and oxygen atoms in total. The number of hydrogen-bond donors (Lipinski definition) is 0. The van der Waals surface area contributed by atoms with Gasteiger partial charge in [-0.15, -0.1) is 0 Å². The van der Waals surface area contributed by atoms with Crippen molar-refractivity contribution in [3.8, 4) is 5.88 Å². The van der Waals surface area contributed by atoms with Crippen LogP contribution in [0.1, 0.15) is 47.0 Å². The van der Waals surface area contributed by atoms with Gasteiger partial charge in [-0.1, -0.05) is 18.0 Å². The van der Waals surface area contributed by atoms with Crippen molar-refractivity contribution in [2.75, 3.05) is 6.61 Å². The van der Waals surface area contributed by atoms with Crippen molar-refractivity contribution in [1.29, 1.82) is 0 Å². The van der Waals surface area contributed by atoms with Crippen molar-refractivity contribution in [2.45, 2.75) is 58.2 Å². The average molecular weight is 324 g/mol. The molecule has 2 heterocycles. The number of aromatic nitrogens is 1. The van der Waals surface area contributed by atoms with Crippen LogP contribution in [0.2, 0.25) is 5.02 Å². The second-order valence-corrected chi connectivity index (χ2v) is 7.66. The molecule has 1 aliphatic heterocycles. The van der Waals surface area contributed by atoms with Crippen LogP contribution in [-0.4, -0.2) is 29.9 Å². The molecule has 0 unspecified atom stereocenters. The SMILES string of the molecule is CC1(C)OB(c2cnc(OCC3CCC3)c(Cl)c2)OC1(C)C. The first-order valence-corrected chi connectivity index (χ1v) is 8.30. The zero-order valence-electron chi connectivity index (χ0n) is 13.7. The van der Waals surface area contributed by atoms with Crippen LogP contribution < -0.4 is 10.2 Å². The fraction of sp³-hybridized carbons (Fsp3) is 0.688. The lowest BCUT2D eigenvalue weighted by Crippen LogP contribution is -2.41. The van der Waals surface area contributed by atoms with Crippen molar-refractivity contribution in [1.82, 2.24) is 4.98 Å². The number of hydrogen-bond acceptors (Lipinski definition) is 4. The maximum atomic E-state index is 6.30. The van der Waals surface area contributed by atoms with Crippen LogP contribution in [0.25, 0.3) is 0 Å². The molecular weight excluding hydrogens is 300 g/mol. The van der Waals surface area contributed by atoms with E-state index in [-0.39, 0.29) is 11.2 Å². The molecule has 1 aliphatic carbocycles. The molecule has 2 aliphatic rings. The van der Waals surface area contributed by atoms with Crippen LogP contribution in [-0.2, 0) is 9.31 Å². The fourth-order valence-electron chi connectivity index (χ4n) is 2.51. The van der Waals surface area contributed by atoms with Gasteiger partial charge in [0, 0.05) is 11.7 Å². The summed E-state index contributed by atoms with van der Waals surface area (Å²) in [6, 6.07) is 1.83. The standard InChI is InChI=1S/C16H23BClNO3/c1-15(2)16(3,4)22-17(21-15)12-8-13(18)14(19-9-12)20-10-11-6-5-7-11/h8-9,11H,5-7,10H2,1-4H3. The van der Waals surface area contributed by atoms with Gasteiger partial charge in [0.05, 0.1) is 17.8 Å². The number of halogens is 1. The second kappa shape index (κ2) is 5.70. The number of ether oxygens (including phenoxy) is 1. The predicted molar refractivity (Wildman–Crippen MR) is 87.8 cm³/mol. The summed E-state index contributed by atoms with van der Waals surface area (Å²) in [5.74, 6) is 1.15. The lowest BCUT2D eigenvalue weighted by Gasteiger charge is -2.32. The molecule has 0 radical (unpaired) electrons. The second-order valence-electron chi connectivity index (χ2n) is 7.25. The molecule has 6 heteroatoms. The van der Waals surface area contributed by atoms with Crippen LogP contribution in [0, 0.1) is 5.92 Å². The predicted octanol–water partition coefficient (Wildman–Crippen LogP) is 3.21. The van der Waals surface area contributed by atoms with E-state index in [1.54, 1.807) is 6.20 Å². The maximum absolute atomic E-state index is 6.30. The fourth-order valence-corrected chi connectivity index (χ4v) is 2.74. The molecule has 22 heavy (non-hydrogen) atoms. The third kappa shape index (κ3) is 2.99. The Kier molecular flexibility index (Phi) is 4.17. The van der Waals surface area contributed by atoms with E-state index < -0.39 is 7.12 Å². The summed E-state index contributed by atoms with van der Waals surface area (Å²) in [6.07, 6.45) is 5.51. The third-order valence-electron chi connectivity index (χ3n) is 5.03. The van der Waals surface area contributed by atoms with Crippen LogP contribution in [0.5, 0.6) is 5.88 Å². The Morgan fingerprint density at radius 2 is 1.91 bits per heavy atom. The van der Waals surface area contributed by atoms with Gasteiger partial charge < -0.3 is 14.0 Å². The van der Waals surface area contributed by atoms with Crippen LogP contribution >= 0.6 is 11.6 Å². The topological polar surface area (TPSA) is 40.6 Å². The molecule has 0 amide bonds. The smallest absolute Gasteiger partial charge is 0.476 e. The van der Waals surface area contributed by atoms with E-state index in [0.29, 0.717) is 23.4 Å². The lowest BCUT2D eigenvalue weighted by atomic mass is 9.80. The van der Waals surface area contributed by atoms with Crippen LogP contribution in [0.3, 0.4) is 0 Å². The Balaban J connectivity index is 1.69. The molecule has 0 N–H and O–H groups in total. The molecule has 0 aromatic carbocycles. The molecule has 2 fully saturated rings. The molecule has 1 saturated heterocycles. The first-order chi connectivity index (χ1) is 10.3. The van der Waals surface area contributed by atoms with E-state index in [9.17, 15) is 0 Å². The van der Waals surface area contributed by atoms with E-state index in [1.807, 2.05) is 33.8 Å². The van der Waals surface area contributed by atoms with Crippen molar-refractivity contribution >= 4 is 24.2 Å². The van der Waals surface area contributed by atoms with Crippen LogP contribution in [0.15, 0.2) is 12.3 Å². The van der Waals surface area contributed by atoms with Gasteiger partial charge in [-0.2, -0.15) is 0 Å². The highest BCUT2D eigenvalue weighted by Gasteiger charge is 2.51. The Bertz CT molecular complexity index is 544. The minimum Gasteiger partial charge on any atom is -0.476 e. The summed E-state index contributed by atoms with van der Waals surface area (Å²) in [4.78, 5) is 4.33. The number of rotatable bonds is 4. The zero-order chi connectivity index (χ0) is 16.0. The first kappa shape index (κ1) is 16.1. The van der Waals surface area contributed by atoms with Crippen molar-refractivity contribution in [2.24, 2.45) is 5.92 Å². The Morgan fingerprint density at radius 3 is 2.41 bits per heavy atom. The quantitative estimate of drug-likeness (QED) is 0.798. The molecule has 0 atom stereocenters. The largest absolute Gasteiger partial charge is 0.496 e. The Morgan fingerprint density at radius 1 is 1.27 bits per heavy atom. The van der Waals surface area contributed by atoms with Gasteiger partial charge in [0.1, 0.15) is 5.02 Å². The lowest BCUT2D eigenvalue weighted by molar-refractivity contribution is 0.00578. The van der Waals surface area contributed by atoms with Gasteiger partial charge in [0.25, 0.3) is 0 Å². The minimum atomic E-state index is -0.448. The zero-order valence-corrected chi connectivity index (χ0v) is 14.4. The molecule has 3 rings (SSSR count). The van der Waals surface area contributed by atoms with Gasteiger partial charge >= 0.3 is 7.12 Å². The van der Waals surface area contributed by atoms with Gasteiger partial charge in [-0.05, 0) is 52.5 Å². The summed E-state index contributed by atoms with van der Waals surface area (Å²) in [6.45, 7) is 8.80. The van der Waals surface area contributed by atoms with Crippen molar-refractivity contribution < 1.29 is 14.0 Å². The highest BCUT2D eigenvalue weighted by Crippen LogP contribution is 2.36. The van der Waals surface area contributed by atoms with Gasteiger partial charge in [-0.3, -0.25) is 0 Å². The highest BCUT2D eigenvalue weighted by molar-refractivity contribution is 6.62. The normalized spacial score (nSPS) is 23.4. The molecule has 1 aromatic rings. The van der Waals surface area contributed by atoms with E-state index in [1.165, 1.54) is 19.3 Å². The average Bonchev–Trinajstić information content (AvgIpc) is 2.58. The Hall–Kier alpha value is -0.775. The van der Waals surface area contributed by atoms with Gasteiger partial charge in [0.2, 0.25) is 5.88 Å². The molecule has 0 spiro atoms. The molecule has 120 valence electrons. The highest BCUT2D eigenvalue weighted by atomic mass is 35.5. The summed E-state index contributed by atoms with van der Waals surface area (Å²) < 4.78 is 17.7. The van der Waals surface area contributed by atoms with E-state index in [0.717, 1.165) is 5.46 Å². The van der Waals surface area contributed by atoms with Crippen molar-refractivity contribution in [3.05, 3.63) is 17.3 Å². The summed E-state index contributed by atoms with van der Waals surface area (Å²) in [5.41, 5.74) is 0.0761. The van der Waals surface area contributed by atoms with Gasteiger partial charge in [-0.25, -0.2) is 4.98 Å². The van der Waals surface area contributed by atoms with E-state index >= 15 is 0 Å². The van der Waals surface area contributed by atoms with E-state index in [4.69, 9.17) is 25.6 Å². The van der Waals surface area contributed by atoms with E-state index in [2.05, 4.69) is 4.98 Å². The number of nitrogens with zero attached hydrogens (tertiary/aromatic N) is 1. The third-order valence-corrected chi connectivity index (χ3v) is 5.31.